The number of carbonyl (C=O) groups is 1. The second-order valence-corrected chi connectivity index (χ2v) is 6.71. The zero-order valence-electron chi connectivity index (χ0n) is 14.0. The van der Waals surface area contributed by atoms with Gasteiger partial charge in [0.1, 0.15) is 0 Å². The van der Waals surface area contributed by atoms with Gasteiger partial charge in [0, 0.05) is 17.9 Å². The van der Waals surface area contributed by atoms with Crippen molar-refractivity contribution < 1.29 is 23.1 Å². The molecule has 13 heteroatoms. The predicted octanol–water partition coefficient (Wildman–Crippen LogP) is 2.45. The van der Waals surface area contributed by atoms with E-state index in [-0.39, 0.29) is 5.56 Å². The molecule has 0 atom stereocenters. The van der Waals surface area contributed by atoms with Crippen LogP contribution in [0.25, 0.3) is 0 Å². The number of thioether (sulfide) groups is 1. The Morgan fingerprint density at radius 3 is 2.67 bits per heavy atom. The van der Waals surface area contributed by atoms with Crippen LogP contribution in [0.2, 0.25) is 5.15 Å². The standard InChI is InChI=1S/C12H14ClN5OS.C2HF3O2/c1-2-18-9(10(13)16-17-18)6-20-12-14-8-5-3-4-7(8)11(19)15-12;3-2(4,5)1(6)7/h2-6H2,1H3,(H,14,15,19);(H,6,7). The van der Waals surface area contributed by atoms with Crippen molar-refractivity contribution in [3.63, 3.8) is 0 Å². The van der Waals surface area contributed by atoms with E-state index in [9.17, 15) is 18.0 Å². The van der Waals surface area contributed by atoms with Crippen LogP contribution in [0.15, 0.2) is 9.95 Å². The Morgan fingerprint density at radius 1 is 1.41 bits per heavy atom. The van der Waals surface area contributed by atoms with Crippen LogP contribution in [0, 0.1) is 0 Å². The van der Waals surface area contributed by atoms with Crippen LogP contribution < -0.4 is 5.56 Å². The van der Waals surface area contributed by atoms with Gasteiger partial charge in [0.2, 0.25) is 0 Å². The van der Waals surface area contributed by atoms with Gasteiger partial charge >= 0.3 is 12.1 Å². The number of aromatic nitrogens is 5. The lowest BCUT2D eigenvalue weighted by atomic mass is 10.3. The summed E-state index contributed by atoms with van der Waals surface area (Å²) in [6, 6.07) is 0. The highest BCUT2D eigenvalue weighted by atomic mass is 35.5. The summed E-state index contributed by atoms with van der Waals surface area (Å²) in [5.41, 5.74) is 2.61. The lowest BCUT2D eigenvalue weighted by Crippen LogP contribution is -2.21. The minimum atomic E-state index is -5.08. The highest BCUT2D eigenvalue weighted by Gasteiger charge is 2.38. The first kappa shape index (κ1) is 21.2. The smallest absolute Gasteiger partial charge is 0.475 e. The zero-order valence-corrected chi connectivity index (χ0v) is 15.6. The van der Waals surface area contributed by atoms with Gasteiger partial charge in [-0.3, -0.25) is 4.79 Å². The van der Waals surface area contributed by atoms with Gasteiger partial charge in [0.15, 0.2) is 10.3 Å². The second-order valence-electron chi connectivity index (χ2n) is 5.38. The molecule has 3 rings (SSSR count). The van der Waals surface area contributed by atoms with Gasteiger partial charge in [-0.05, 0) is 26.2 Å². The average Bonchev–Trinajstić information content (AvgIpc) is 3.19. The van der Waals surface area contributed by atoms with Crippen LogP contribution in [0.5, 0.6) is 0 Å². The Balaban J connectivity index is 0.000000321. The highest BCUT2D eigenvalue weighted by molar-refractivity contribution is 7.98. The molecule has 0 saturated heterocycles. The van der Waals surface area contributed by atoms with Gasteiger partial charge in [0.05, 0.1) is 11.4 Å². The van der Waals surface area contributed by atoms with Gasteiger partial charge in [-0.2, -0.15) is 13.2 Å². The fourth-order valence-electron chi connectivity index (χ4n) is 2.32. The van der Waals surface area contributed by atoms with Crippen LogP contribution in [-0.2, 0) is 29.9 Å². The van der Waals surface area contributed by atoms with E-state index in [1.54, 1.807) is 4.68 Å². The van der Waals surface area contributed by atoms with E-state index in [0.717, 1.165) is 36.2 Å². The first-order valence-electron chi connectivity index (χ1n) is 7.76. The summed E-state index contributed by atoms with van der Waals surface area (Å²) in [5.74, 6) is -2.17. The summed E-state index contributed by atoms with van der Waals surface area (Å²) in [4.78, 5) is 28.2. The lowest BCUT2D eigenvalue weighted by Gasteiger charge is -2.05. The van der Waals surface area contributed by atoms with Crippen LogP contribution in [0.3, 0.4) is 0 Å². The second kappa shape index (κ2) is 8.74. The number of hydrogen-bond donors (Lipinski definition) is 2. The maximum Gasteiger partial charge on any atom is 0.490 e. The number of hydrogen-bond acceptors (Lipinski definition) is 6. The molecule has 1 aliphatic carbocycles. The molecule has 2 heterocycles. The Kier molecular flexibility index (Phi) is 6.87. The summed E-state index contributed by atoms with van der Waals surface area (Å²) < 4.78 is 33.5. The van der Waals surface area contributed by atoms with Gasteiger partial charge < -0.3 is 10.1 Å². The highest BCUT2D eigenvalue weighted by Crippen LogP contribution is 2.24. The number of halogens is 4. The van der Waals surface area contributed by atoms with Crippen molar-refractivity contribution in [3.8, 4) is 0 Å². The number of aromatic amines is 1. The molecule has 2 N–H and O–H groups in total. The van der Waals surface area contributed by atoms with E-state index in [4.69, 9.17) is 21.5 Å². The Labute approximate surface area is 160 Å². The molecule has 0 spiro atoms. The van der Waals surface area contributed by atoms with Crippen LogP contribution in [0.4, 0.5) is 13.2 Å². The molecule has 0 aromatic carbocycles. The number of alkyl halides is 3. The summed E-state index contributed by atoms with van der Waals surface area (Å²) in [7, 11) is 0. The van der Waals surface area contributed by atoms with E-state index in [1.165, 1.54) is 11.8 Å². The number of H-pyrrole nitrogens is 1. The predicted molar refractivity (Wildman–Crippen MR) is 90.8 cm³/mol. The third-order valence-electron chi connectivity index (χ3n) is 3.60. The van der Waals surface area contributed by atoms with Crippen LogP contribution in [-0.4, -0.2) is 42.2 Å². The Bertz CT molecular complexity index is 884. The van der Waals surface area contributed by atoms with Crippen molar-refractivity contribution in [1.82, 2.24) is 25.0 Å². The molecule has 0 aliphatic heterocycles. The summed E-state index contributed by atoms with van der Waals surface area (Å²) >= 11 is 7.46. The van der Waals surface area contributed by atoms with Crippen molar-refractivity contribution in [2.45, 2.75) is 49.8 Å². The SMILES string of the molecule is CCn1nnc(Cl)c1CSc1nc2c(c(=O)[nH]1)CCC2.O=C(O)C(F)(F)F. The van der Waals surface area contributed by atoms with Crippen molar-refractivity contribution in [2.24, 2.45) is 0 Å². The van der Waals surface area contributed by atoms with Crippen molar-refractivity contribution in [2.75, 3.05) is 0 Å². The lowest BCUT2D eigenvalue weighted by molar-refractivity contribution is -0.192. The van der Waals surface area contributed by atoms with Gasteiger partial charge in [-0.1, -0.05) is 28.6 Å². The van der Waals surface area contributed by atoms with Gasteiger partial charge in [-0.15, -0.1) is 5.10 Å². The molecule has 2 aromatic heterocycles. The Morgan fingerprint density at radius 2 is 2.07 bits per heavy atom. The number of nitrogens with zero attached hydrogens (tertiary/aromatic N) is 4. The molecule has 0 bridgehead atoms. The summed E-state index contributed by atoms with van der Waals surface area (Å²) in [5, 5.41) is 16.0. The van der Waals surface area contributed by atoms with E-state index >= 15 is 0 Å². The topological polar surface area (TPSA) is 114 Å². The van der Waals surface area contributed by atoms with Crippen molar-refractivity contribution in [1.29, 1.82) is 0 Å². The Hall–Kier alpha value is -2.08. The molecule has 1 aliphatic rings. The number of nitrogens with one attached hydrogen (secondary N) is 1. The quantitative estimate of drug-likeness (QED) is 0.571. The molecule has 0 fully saturated rings. The molecule has 27 heavy (non-hydrogen) atoms. The molecular weight excluding hydrogens is 411 g/mol. The normalized spacial score (nSPS) is 13.1. The van der Waals surface area contributed by atoms with E-state index < -0.39 is 12.1 Å². The van der Waals surface area contributed by atoms with Crippen molar-refractivity contribution in [3.05, 3.63) is 32.5 Å². The maximum absolute atomic E-state index is 11.9. The summed E-state index contributed by atoms with van der Waals surface area (Å²) in [6.45, 7) is 2.69. The maximum atomic E-state index is 11.9. The fraction of sp³-hybridized carbons (Fsp3) is 0.500. The number of rotatable bonds is 4. The third-order valence-corrected chi connectivity index (χ3v) is 4.78. The molecule has 148 valence electrons. The van der Waals surface area contributed by atoms with Gasteiger partial charge in [-0.25, -0.2) is 14.5 Å². The number of fused-ring (bicyclic) bond motifs is 1. The number of carboxylic acids is 1. The van der Waals surface area contributed by atoms with E-state index in [0.29, 0.717) is 22.6 Å². The van der Waals surface area contributed by atoms with Crippen molar-refractivity contribution >= 4 is 29.3 Å². The number of aliphatic carboxylic acids is 1. The zero-order chi connectivity index (χ0) is 20.2. The van der Waals surface area contributed by atoms with Crippen LogP contribution >= 0.6 is 23.4 Å². The molecule has 0 unspecified atom stereocenters. The monoisotopic (exact) mass is 425 g/mol. The minimum Gasteiger partial charge on any atom is -0.475 e. The molecule has 2 aromatic rings. The molecule has 0 saturated carbocycles. The first-order valence-corrected chi connectivity index (χ1v) is 9.12. The molecule has 0 amide bonds. The third kappa shape index (κ3) is 5.45. The first-order chi connectivity index (χ1) is 12.6. The molecule has 0 radical (unpaired) electrons. The van der Waals surface area contributed by atoms with E-state index in [2.05, 4.69) is 20.3 Å². The molecular formula is C14H15ClF3N5O3S. The average molecular weight is 426 g/mol. The fourth-order valence-corrected chi connectivity index (χ4v) is 3.50. The van der Waals surface area contributed by atoms with E-state index in [1.807, 2.05) is 6.92 Å². The van der Waals surface area contributed by atoms with Crippen LogP contribution in [0.1, 0.15) is 30.3 Å². The largest absolute Gasteiger partial charge is 0.490 e. The minimum absolute atomic E-state index is 0.0109. The summed E-state index contributed by atoms with van der Waals surface area (Å²) in [6.07, 6.45) is -2.35. The van der Waals surface area contributed by atoms with Gasteiger partial charge in [0.25, 0.3) is 5.56 Å². The number of carboxylic acid groups (broad SMARTS) is 1. The molecule has 8 nitrogen and oxygen atoms in total. The number of aryl methyl sites for hydroxylation is 2.